The van der Waals surface area contributed by atoms with Crippen LogP contribution in [0.2, 0.25) is 0 Å². The van der Waals surface area contributed by atoms with Gasteiger partial charge in [-0.2, -0.15) is 44.6 Å². The molecule has 0 unspecified atom stereocenters. The molecule has 0 saturated carbocycles. The third kappa shape index (κ3) is 4.35. The average molecular weight is 425 g/mol. The molecule has 0 aliphatic rings. The van der Waals surface area contributed by atoms with E-state index in [1.165, 1.54) is 18.2 Å². The molecule has 0 amide bonds. The quantitative estimate of drug-likeness (QED) is 0.497. The zero-order valence-corrected chi connectivity index (χ0v) is 13.8. The van der Waals surface area contributed by atoms with Gasteiger partial charge in [0.15, 0.2) is 0 Å². The third-order valence-corrected chi connectivity index (χ3v) is 3.82. The van der Waals surface area contributed by atoms with E-state index in [1.54, 1.807) is 5.10 Å². The Bertz CT molecular complexity index is 1030. The first-order chi connectivity index (χ1) is 13.3. The number of alkyl halides is 9. The molecule has 0 atom stereocenters. The molecule has 3 rings (SSSR count). The number of nitrogens with one attached hydrogen (secondary N) is 1. The molecule has 0 saturated heterocycles. The van der Waals surface area contributed by atoms with Gasteiger partial charge in [-0.05, 0) is 30.3 Å². The third-order valence-electron chi connectivity index (χ3n) is 3.82. The molecule has 29 heavy (non-hydrogen) atoms. The Morgan fingerprint density at radius 1 is 0.621 bits per heavy atom. The Morgan fingerprint density at radius 3 is 1.79 bits per heavy atom. The van der Waals surface area contributed by atoms with Crippen molar-refractivity contribution in [1.29, 1.82) is 0 Å². The van der Waals surface area contributed by atoms with E-state index in [0.29, 0.717) is 12.1 Å². The fourth-order valence-corrected chi connectivity index (χ4v) is 2.52. The van der Waals surface area contributed by atoms with Gasteiger partial charge < -0.3 is 0 Å². The van der Waals surface area contributed by atoms with E-state index in [-0.39, 0.29) is 28.7 Å². The van der Waals surface area contributed by atoms with Crippen LogP contribution in [0.3, 0.4) is 0 Å². The fraction of sp³-hybridized carbons (Fsp3) is 0.176. The van der Waals surface area contributed by atoms with Crippen molar-refractivity contribution in [2.45, 2.75) is 18.5 Å². The number of pyridine rings is 1. The van der Waals surface area contributed by atoms with Crippen molar-refractivity contribution in [2.75, 3.05) is 0 Å². The van der Waals surface area contributed by atoms with Crippen molar-refractivity contribution in [2.24, 2.45) is 0 Å². The molecule has 0 spiro atoms. The minimum Gasteiger partial charge on any atom is -0.273 e. The minimum absolute atomic E-state index is 0.109. The number of hydrogen-bond acceptors (Lipinski definition) is 2. The van der Waals surface area contributed by atoms with Crippen LogP contribution in [0, 0.1) is 0 Å². The van der Waals surface area contributed by atoms with Crippen LogP contribution in [0.25, 0.3) is 22.6 Å². The number of benzene rings is 1. The van der Waals surface area contributed by atoms with E-state index in [4.69, 9.17) is 0 Å². The van der Waals surface area contributed by atoms with Gasteiger partial charge in [-0.3, -0.25) is 5.10 Å². The van der Waals surface area contributed by atoms with E-state index >= 15 is 0 Å². The van der Waals surface area contributed by atoms with Crippen LogP contribution in [0.15, 0.2) is 42.5 Å². The lowest BCUT2D eigenvalue weighted by Crippen LogP contribution is -2.16. The smallest absolute Gasteiger partial charge is 0.273 e. The summed E-state index contributed by atoms with van der Waals surface area (Å²) >= 11 is 0. The van der Waals surface area contributed by atoms with E-state index in [0.717, 1.165) is 6.07 Å². The lowest BCUT2D eigenvalue weighted by Gasteiger charge is -2.16. The number of aromatic nitrogens is 3. The van der Waals surface area contributed by atoms with Crippen LogP contribution in [0.5, 0.6) is 0 Å². The number of halogens is 9. The zero-order valence-electron chi connectivity index (χ0n) is 13.8. The summed E-state index contributed by atoms with van der Waals surface area (Å²) in [5.74, 6) is 0. The molecule has 1 N–H and O–H groups in total. The highest BCUT2D eigenvalue weighted by molar-refractivity contribution is 5.66. The molecule has 12 heteroatoms. The summed E-state index contributed by atoms with van der Waals surface area (Å²) in [4.78, 5) is 3.93. The highest BCUT2D eigenvalue weighted by atomic mass is 19.4. The van der Waals surface area contributed by atoms with E-state index < -0.39 is 35.3 Å². The molecule has 154 valence electrons. The second-order valence-corrected chi connectivity index (χ2v) is 5.83. The lowest BCUT2D eigenvalue weighted by molar-refractivity contribution is -0.162. The second-order valence-electron chi connectivity index (χ2n) is 5.83. The van der Waals surface area contributed by atoms with E-state index in [2.05, 4.69) is 10.1 Å². The van der Waals surface area contributed by atoms with Crippen molar-refractivity contribution >= 4 is 0 Å². The van der Waals surface area contributed by atoms with Gasteiger partial charge in [0.05, 0.1) is 22.5 Å². The Labute approximate surface area is 156 Å². The van der Waals surface area contributed by atoms with Crippen LogP contribution < -0.4 is 0 Å². The highest BCUT2D eigenvalue weighted by Gasteiger charge is 2.43. The molecule has 3 nitrogen and oxygen atoms in total. The zero-order chi connectivity index (χ0) is 21.6. The summed E-state index contributed by atoms with van der Waals surface area (Å²) in [5, 5.41) is 5.22. The topological polar surface area (TPSA) is 41.6 Å². The molecular weight excluding hydrogens is 417 g/mol. The first kappa shape index (κ1) is 20.7. The van der Waals surface area contributed by atoms with Gasteiger partial charge in [-0.25, -0.2) is 4.98 Å². The first-order valence-corrected chi connectivity index (χ1v) is 7.65. The number of nitrogens with zero attached hydrogens (tertiary/aromatic N) is 2. The van der Waals surface area contributed by atoms with Gasteiger partial charge in [-0.1, -0.05) is 12.1 Å². The first-order valence-electron chi connectivity index (χ1n) is 7.65. The fourth-order valence-electron chi connectivity index (χ4n) is 2.52. The molecule has 0 bridgehead atoms. The van der Waals surface area contributed by atoms with Gasteiger partial charge in [-0.15, -0.1) is 0 Å². The summed E-state index contributed by atoms with van der Waals surface area (Å²) < 4.78 is 116. The summed E-state index contributed by atoms with van der Waals surface area (Å²) in [6, 6.07) is 5.78. The molecule has 0 aliphatic carbocycles. The van der Waals surface area contributed by atoms with Gasteiger partial charge in [0, 0.05) is 5.56 Å². The molecular formula is C17H8F9N3. The summed E-state index contributed by atoms with van der Waals surface area (Å²) in [6.07, 6.45) is -15.2. The predicted octanol–water partition coefficient (Wildman–Crippen LogP) is 6.20. The monoisotopic (exact) mass is 425 g/mol. The molecule has 2 aromatic heterocycles. The Kier molecular flexibility index (Phi) is 4.83. The van der Waals surface area contributed by atoms with Crippen molar-refractivity contribution < 1.29 is 39.5 Å². The van der Waals surface area contributed by atoms with Crippen molar-refractivity contribution in [1.82, 2.24) is 15.2 Å². The molecule has 0 radical (unpaired) electrons. The van der Waals surface area contributed by atoms with E-state index in [1.807, 2.05) is 0 Å². The molecule has 0 aliphatic heterocycles. The standard InChI is InChI=1S/C17H8F9N3/c18-15(19,20)9-5-4-8(6-10(9)16(21,22)23)11-2-1-3-12(27-11)13-7-14(29-28-13)17(24,25)26/h1-7H,(H,28,29). The second kappa shape index (κ2) is 6.78. The van der Waals surface area contributed by atoms with Crippen molar-refractivity contribution in [3.8, 4) is 22.6 Å². The Morgan fingerprint density at radius 2 is 1.24 bits per heavy atom. The van der Waals surface area contributed by atoms with Gasteiger partial charge in [0.25, 0.3) is 0 Å². The van der Waals surface area contributed by atoms with Crippen LogP contribution >= 0.6 is 0 Å². The largest absolute Gasteiger partial charge is 0.432 e. The maximum Gasteiger partial charge on any atom is 0.432 e. The maximum atomic E-state index is 13.1. The number of aromatic amines is 1. The van der Waals surface area contributed by atoms with Crippen LogP contribution in [-0.4, -0.2) is 15.2 Å². The number of hydrogen-bond donors (Lipinski definition) is 1. The van der Waals surface area contributed by atoms with Crippen LogP contribution in [-0.2, 0) is 18.5 Å². The van der Waals surface area contributed by atoms with Crippen LogP contribution in [0.1, 0.15) is 16.8 Å². The molecule has 3 aromatic rings. The summed E-state index contributed by atoms with van der Waals surface area (Å²) in [7, 11) is 0. The van der Waals surface area contributed by atoms with Crippen molar-refractivity contribution in [3.05, 3.63) is 59.3 Å². The van der Waals surface area contributed by atoms with Crippen molar-refractivity contribution in [3.63, 3.8) is 0 Å². The average Bonchev–Trinajstić information content (AvgIpc) is 3.10. The highest BCUT2D eigenvalue weighted by Crippen LogP contribution is 2.42. The lowest BCUT2D eigenvalue weighted by atomic mass is 10.0. The van der Waals surface area contributed by atoms with Gasteiger partial charge in [0.1, 0.15) is 11.4 Å². The molecule has 0 fully saturated rings. The predicted molar refractivity (Wildman–Crippen MR) is 82.3 cm³/mol. The van der Waals surface area contributed by atoms with Gasteiger partial charge in [0.2, 0.25) is 0 Å². The molecule has 1 aromatic carbocycles. The molecule has 2 heterocycles. The maximum absolute atomic E-state index is 13.1. The summed E-state index contributed by atoms with van der Waals surface area (Å²) in [5.41, 5.74) is -5.71. The number of rotatable bonds is 2. The SMILES string of the molecule is FC(F)(F)c1cc(-c2cccc(-c3ccc(C(F)(F)F)c(C(F)(F)F)c3)n2)n[nH]1. The summed E-state index contributed by atoms with van der Waals surface area (Å²) in [6.45, 7) is 0. The minimum atomic E-state index is -5.28. The van der Waals surface area contributed by atoms with E-state index in [9.17, 15) is 39.5 Å². The number of H-pyrrole nitrogens is 1. The Balaban J connectivity index is 2.06. The Hall–Kier alpha value is -3.05. The van der Waals surface area contributed by atoms with Crippen LogP contribution in [0.4, 0.5) is 39.5 Å². The van der Waals surface area contributed by atoms with Gasteiger partial charge >= 0.3 is 18.5 Å². The normalized spacial score (nSPS) is 13.0.